The Morgan fingerprint density at radius 3 is 2.58 bits per heavy atom. The third-order valence-electron chi connectivity index (χ3n) is 3.33. The van der Waals surface area contributed by atoms with Gasteiger partial charge in [-0.3, -0.25) is 14.6 Å². The number of nitrogens with two attached hydrogens (primary N) is 1. The van der Waals surface area contributed by atoms with E-state index in [2.05, 4.69) is 15.6 Å². The van der Waals surface area contributed by atoms with Crippen molar-refractivity contribution in [3.63, 3.8) is 0 Å². The van der Waals surface area contributed by atoms with Crippen LogP contribution in [0.4, 0.5) is 5.69 Å². The molecule has 0 aliphatic rings. The van der Waals surface area contributed by atoms with Crippen LogP contribution in [0.1, 0.15) is 13.8 Å². The van der Waals surface area contributed by atoms with E-state index >= 15 is 0 Å². The van der Waals surface area contributed by atoms with Gasteiger partial charge in [0.15, 0.2) is 0 Å². The standard InChI is InChI=1S/C16H20N4O2.2ClH/c1-10(2)15(17)16(22)19-9-14(21)20-12-5-6-13-11(8-12)4-3-7-18-13;;/h3-8,10,15H,9,17H2,1-2H3,(H,19,22)(H,20,21);2*1H/t15-;;/m0../s1. The molecule has 1 heterocycles. The molecule has 6 nitrogen and oxygen atoms in total. The minimum absolute atomic E-state index is 0. The zero-order chi connectivity index (χ0) is 16.1. The summed E-state index contributed by atoms with van der Waals surface area (Å²) in [5, 5.41) is 6.20. The van der Waals surface area contributed by atoms with E-state index < -0.39 is 6.04 Å². The molecule has 2 aromatic rings. The summed E-state index contributed by atoms with van der Waals surface area (Å²) in [6.45, 7) is 3.60. The minimum Gasteiger partial charge on any atom is -0.346 e. The Labute approximate surface area is 153 Å². The highest BCUT2D eigenvalue weighted by Crippen LogP contribution is 2.16. The van der Waals surface area contributed by atoms with Gasteiger partial charge in [-0.15, -0.1) is 24.8 Å². The molecule has 2 rings (SSSR count). The molecule has 1 aromatic carbocycles. The van der Waals surface area contributed by atoms with Gasteiger partial charge in [-0.2, -0.15) is 0 Å². The molecule has 0 saturated carbocycles. The summed E-state index contributed by atoms with van der Waals surface area (Å²) >= 11 is 0. The predicted octanol–water partition coefficient (Wildman–Crippen LogP) is 2.12. The van der Waals surface area contributed by atoms with E-state index in [1.165, 1.54) is 0 Å². The van der Waals surface area contributed by atoms with Crippen molar-refractivity contribution in [3.05, 3.63) is 36.5 Å². The van der Waals surface area contributed by atoms with Gasteiger partial charge in [0.2, 0.25) is 11.8 Å². The molecule has 0 radical (unpaired) electrons. The maximum absolute atomic E-state index is 11.9. The van der Waals surface area contributed by atoms with Crippen molar-refractivity contribution < 1.29 is 9.59 Å². The summed E-state index contributed by atoms with van der Waals surface area (Å²) < 4.78 is 0. The number of hydrogen-bond donors (Lipinski definition) is 3. The zero-order valence-electron chi connectivity index (χ0n) is 13.5. The molecule has 0 unspecified atom stereocenters. The van der Waals surface area contributed by atoms with Crippen LogP contribution in [0.15, 0.2) is 36.5 Å². The van der Waals surface area contributed by atoms with Crippen molar-refractivity contribution >= 4 is 53.2 Å². The maximum Gasteiger partial charge on any atom is 0.243 e. The maximum atomic E-state index is 11.9. The highest BCUT2D eigenvalue weighted by Gasteiger charge is 2.17. The van der Waals surface area contributed by atoms with Crippen LogP contribution < -0.4 is 16.4 Å². The Bertz CT molecular complexity index is 695. The average molecular weight is 373 g/mol. The number of halogens is 2. The van der Waals surface area contributed by atoms with E-state index in [9.17, 15) is 9.59 Å². The van der Waals surface area contributed by atoms with Crippen molar-refractivity contribution in [2.24, 2.45) is 11.7 Å². The van der Waals surface area contributed by atoms with Gasteiger partial charge in [0.1, 0.15) is 0 Å². The number of pyridine rings is 1. The van der Waals surface area contributed by atoms with Crippen molar-refractivity contribution in [3.8, 4) is 0 Å². The number of carbonyl (C=O) groups excluding carboxylic acids is 2. The molecular formula is C16H22Cl2N4O2. The first-order valence-corrected chi connectivity index (χ1v) is 7.15. The van der Waals surface area contributed by atoms with E-state index in [0.717, 1.165) is 10.9 Å². The average Bonchev–Trinajstić information content (AvgIpc) is 2.51. The number of benzene rings is 1. The van der Waals surface area contributed by atoms with Gasteiger partial charge < -0.3 is 16.4 Å². The number of rotatable bonds is 5. The van der Waals surface area contributed by atoms with E-state index in [4.69, 9.17) is 5.73 Å². The second-order valence-corrected chi connectivity index (χ2v) is 5.45. The Morgan fingerprint density at radius 1 is 1.21 bits per heavy atom. The Balaban J connectivity index is 0.00000264. The smallest absolute Gasteiger partial charge is 0.243 e. The molecule has 8 heteroatoms. The molecule has 2 amide bonds. The van der Waals surface area contributed by atoms with Gasteiger partial charge in [-0.05, 0) is 30.2 Å². The van der Waals surface area contributed by atoms with Crippen LogP contribution in [-0.2, 0) is 9.59 Å². The molecule has 0 bridgehead atoms. The molecule has 0 aliphatic heterocycles. The van der Waals surface area contributed by atoms with Crippen LogP contribution >= 0.6 is 24.8 Å². The molecule has 1 aromatic heterocycles. The first kappa shape index (κ1) is 22.1. The predicted molar refractivity (Wildman–Crippen MR) is 101 cm³/mol. The van der Waals surface area contributed by atoms with Gasteiger partial charge in [0, 0.05) is 17.3 Å². The van der Waals surface area contributed by atoms with Gasteiger partial charge in [-0.1, -0.05) is 19.9 Å². The van der Waals surface area contributed by atoms with Crippen molar-refractivity contribution in [1.29, 1.82) is 0 Å². The molecule has 24 heavy (non-hydrogen) atoms. The summed E-state index contributed by atoms with van der Waals surface area (Å²) in [7, 11) is 0. The lowest BCUT2D eigenvalue weighted by Gasteiger charge is -2.15. The SMILES string of the molecule is CC(C)[C@H](N)C(=O)NCC(=O)Nc1ccc2ncccc2c1.Cl.Cl. The third-order valence-corrected chi connectivity index (χ3v) is 3.33. The lowest BCUT2D eigenvalue weighted by Crippen LogP contribution is -2.46. The van der Waals surface area contributed by atoms with Crippen molar-refractivity contribution in [2.75, 3.05) is 11.9 Å². The van der Waals surface area contributed by atoms with Gasteiger partial charge in [0.05, 0.1) is 18.1 Å². The normalized spacial score (nSPS) is 11.2. The van der Waals surface area contributed by atoms with Crippen LogP contribution in [0.2, 0.25) is 0 Å². The summed E-state index contributed by atoms with van der Waals surface area (Å²) in [6, 6.07) is 8.58. The summed E-state index contributed by atoms with van der Waals surface area (Å²) in [5.74, 6) is -0.601. The molecule has 0 saturated heterocycles. The minimum atomic E-state index is -0.612. The van der Waals surface area contributed by atoms with Gasteiger partial charge in [-0.25, -0.2) is 0 Å². The first-order valence-electron chi connectivity index (χ1n) is 7.15. The molecule has 0 fully saturated rings. The van der Waals surface area contributed by atoms with Crippen LogP contribution in [0.3, 0.4) is 0 Å². The fourth-order valence-electron chi connectivity index (χ4n) is 1.95. The van der Waals surface area contributed by atoms with E-state index in [0.29, 0.717) is 5.69 Å². The second-order valence-electron chi connectivity index (χ2n) is 5.45. The van der Waals surface area contributed by atoms with Crippen LogP contribution in [0.5, 0.6) is 0 Å². The van der Waals surface area contributed by atoms with Crippen LogP contribution in [0.25, 0.3) is 10.9 Å². The Kier molecular flexibility index (Phi) is 9.28. The van der Waals surface area contributed by atoms with Gasteiger partial charge in [0.25, 0.3) is 0 Å². The van der Waals surface area contributed by atoms with Crippen molar-refractivity contribution in [2.45, 2.75) is 19.9 Å². The van der Waals surface area contributed by atoms with Crippen molar-refractivity contribution in [1.82, 2.24) is 10.3 Å². The fourth-order valence-corrected chi connectivity index (χ4v) is 1.95. The number of carbonyl (C=O) groups is 2. The molecule has 132 valence electrons. The number of amides is 2. The molecular weight excluding hydrogens is 351 g/mol. The third kappa shape index (κ3) is 5.96. The number of anilines is 1. The lowest BCUT2D eigenvalue weighted by atomic mass is 10.1. The Hall–Kier alpha value is -1.89. The largest absolute Gasteiger partial charge is 0.346 e. The molecule has 0 aliphatic carbocycles. The highest BCUT2D eigenvalue weighted by molar-refractivity contribution is 5.96. The topological polar surface area (TPSA) is 97.1 Å². The monoisotopic (exact) mass is 372 g/mol. The second kappa shape index (κ2) is 10.1. The lowest BCUT2D eigenvalue weighted by molar-refractivity contribution is -0.125. The number of fused-ring (bicyclic) bond motifs is 1. The summed E-state index contributed by atoms with van der Waals surface area (Å²) in [5.41, 5.74) is 7.23. The summed E-state index contributed by atoms with van der Waals surface area (Å²) in [4.78, 5) is 27.8. The van der Waals surface area contributed by atoms with Gasteiger partial charge >= 0.3 is 0 Å². The molecule has 0 spiro atoms. The number of nitrogens with zero attached hydrogens (tertiary/aromatic N) is 1. The zero-order valence-corrected chi connectivity index (χ0v) is 15.1. The highest BCUT2D eigenvalue weighted by atomic mass is 35.5. The number of hydrogen-bond acceptors (Lipinski definition) is 4. The molecule has 1 atom stereocenters. The van der Waals surface area contributed by atoms with E-state index in [1.807, 2.05) is 38.1 Å². The molecule has 4 N–H and O–H groups in total. The quantitative estimate of drug-likeness (QED) is 0.748. The summed E-state index contributed by atoms with van der Waals surface area (Å²) in [6.07, 6.45) is 1.72. The van der Waals surface area contributed by atoms with Crippen LogP contribution in [-0.4, -0.2) is 29.4 Å². The number of nitrogens with one attached hydrogen (secondary N) is 2. The Morgan fingerprint density at radius 2 is 1.92 bits per heavy atom. The number of aromatic nitrogens is 1. The van der Waals surface area contributed by atoms with E-state index in [-0.39, 0.29) is 49.1 Å². The van der Waals surface area contributed by atoms with E-state index in [1.54, 1.807) is 12.3 Å². The van der Waals surface area contributed by atoms with Crippen LogP contribution in [0, 0.1) is 5.92 Å². The first-order chi connectivity index (χ1) is 10.5. The fraction of sp³-hybridized carbons (Fsp3) is 0.312.